The minimum atomic E-state index is -0.202. The summed E-state index contributed by atoms with van der Waals surface area (Å²) in [5.41, 5.74) is 2.11. The highest BCUT2D eigenvalue weighted by atomic mass is 16.5. The highest BCUT2D eigenvalue weighted by molar-refractivity contribution is 5.96. The van der Waals surface area contributed by atoms with E-state index in [1.165, 1.54) is 4.52 Å². The fourth-order valence-corrected chi connectivity index (χ4v) is 3.22. The van der Waals surface area contributed by atoms with Crippen molar-refractivity contribution in [3.05, 3.63) is 33.4 Å². The maximum absolute atomic E-state index is 12.5. The molecule has 1 unspecified atom stereocenters. The molecule has 2 aromatic rings. The van der Waals surface area contributed by atoms with Crippen molar-refractivity contribution in [1.29, 1.82) is 0 Å². The number of aryl methyl sites for hydroxylation is 1. The Hall–Kier alpha value is -2.15. The Labute approximate surface area is 126 Å². The average molecular weight is 302 g/mol. The monoisotopic (exact) mass is 302 g/mol. The molecule has 0 radical (unpaired) electrons. The van der Waals surface area contributed by atoms with Crippen LogP contribution in [0.2, 0.25) is 0 Å². The number of nitrogens with one attached hydrogen (secondary N) is 1. The molecule has 7 heteroatoms. The molecule has 0 spiro atoms. The lowest BCUT2D eigenvalue weighted by molar-refractivity contribution is 0.0542. The molecule has 2 aliphatic rings. The smallest absolute Gasteiger partial charge is 0.280 e. The van der Waals surface area contributed by atoms with E-state index in [0.717, 1.165) is 31.6 Å². The molecule has 0 aromatic carbocycles. The minimum Gasteiger partial charge on any atom is -0.376 e. The first-order valence-corrected chi connectivity index (χ1v) is 7.72. The molecule has 4 rings (SSSR count). The number of carbonyl (C=O) groups excluding carboxylic acids is 1. The number of hydrogen-bond donors (Lipinski definition) is 1. The van der Waals surface area contributed by atoms with Crippen LogP contribution < -0.4 is 5.56 Å². The second-order valence-corrected chi connectivity index (χ2v) is 5.89. The SMILES string of the molecule is CCc1cc2[nH]c3c(c(=O)n2n1)CN(CC1CCCO1)C3=O. The first kappa shape index (κ1) is 13.5. The van der Waals surface area contributed by atoms with Crippen molar-refractivity contribution < 1.29 is 9.53 Å². The molecule has 0 aliphatic carbocycles. The van der Waals surface area contributed by atoms with E-state index in [2.05, 4.69) is 10.1 Å². The largest absolute Gasteiger partial charge is 0.376 e. The summed E-state index contributed by atoms with van der Waals surface area (Å²) in [5.74, 6) is -0.121. The van der Waals surface area contributed by atoms with E-state index in [0.29, 0.717) is 30.0 Å². The zero-order valence-electron chi connectivity index (χ0n) is 12.5. The Bertz CT molecular complexity index is 801. The number of carbonyl (C=O) groups is 1. The van der Waals surface area contributed by atoms with E-state index in [-0.39, 0.29) is 17.6 Å². The quantitative estimate of drug-likeness (QED) is 0.906. The van der Waals surface area contributed by atoms with Crippen molar-refractivity contribution >= 4 is 11.6 Å². The molecule has 22 heavy (non-hydrogen) atoms. The summed E-state index contributed by atoms with van der Waals surface area (Å²) in [7, 11) is 0. The molecule has 1 saturated heterocycles. The Morgan fingerprint density at radius 2 is 2.32 bits per heavy atom. The first-order valence-electron chi connectivity index (χ1n) is 7.72. The maximum Gasteiger partial charge on any atom is 0.280 e. The number of aromatic nitrogens is 3. The summed E-state index contributed by atoms with van der Waals surface area (Å²) in [6.45, 7) is 3.62. The predicted octanol–water partition coefficient (Wildman–Crippen LogP) is 0.720. The third kappa shape index (κ3) is 1.96. The van der Waals surface area contributed by atoms with E-state index >= 15 is 0 Å². The maximum atomic E-state index is 12.5. The third-order valence-electron chi connectivity index (χ3n) is 4.43. The van der Waals surface area contributed by atoms with Gasteiger partial charge in [-0.15, -0.1) is 0 Å². The van der Waals surface area contributed by atoms with Crippen molar-refractivity contribution in [3.63, 3.8) is 0 Å². The number of hydrogen-bond acceptors (Lipinski definition) is 4. The van der Waals surface area contributed by atoms with Gasteiger partial charge in [-0.1, -0.05) is 6.92 Å². The Morgan fingerprint density at radius 1 is 1.45 bits per heavy atom. The van der Waals surface area contributed by atoms with Gasteiger partial charge in [0.1, 0.15) is 11.3 Å². The lowest BCUT2D eigenvalue weighted by Gasteiger charge is -2.19. The molecule has 0 bridgehead atoms. The highest BCUT2D eigenvalue weighted by Crippen LogP contribution is 2.22. The van der Waals surface area contributed by atoms with Crippen LogP contribution >= 0.6 is 0 Å². The highest BCUT2D eigenvalue weighted by Gasteiger charge is 2.34. The van der Waals surface area contributed by atoms with E-state index in [1.54, 1.807) is 4.90 Å². The molecule has 7 nitrogen and oxygen atoms in total. The van der Waals surface area contributed by atoms with Gasteiger partial charge in [0.25, 0.3) is 11.5 Å². The summed E-state index contributed by atoms with van der Waals surface area (Å²) in [5, 5.41) is 4.28. The van der Waals surface area contributed by atoms with Crippen molar-refractivity contribution in [2.75, 3.05) is 13.2 Å². The molecule has 1 amide bonds. The molecule has 0 saturated carbocycles. The summed E-state index contributed by atoms with van der Waals surface area (Å²) in [6, 6.07) is 1.82. The zero-order valence-corrected chi connectivity index (χ0v) is 12.5. The van der Waals surface area contributed by atoms with Crippen molar-refractivity contribution in [2.24, 2.45) is 0 Å². The van der Waals surface area contributed by atoms with Gasteiger partial charge in [0, 0.05) is 19.2 Å². The lowest BCUT2D eigenvalue weighted by atomic mass is 10.2. The van der Waals surface area contributed by atoms with E-state index in [4.69, 9.17) is 4.74 Å². The molecule has 1 N–H and O–H groups in total. The lowest BCUT2D eigenvalue weighted by Crippen LogP contribution is -2.32. The average Bonchev–Trinajstić information content (AvgIpc) is 3.22. The van der Waals surface area contributed by atoms with Crippen molar-refractivity contribution in [3.8, 4) is 0 Å². The third-order valence-corrected chi connectivity index (χ3v) is 4.43. The number of ether oxygens (including phenoxy) is 1. The van der Waals surface area contributed by atoms with Crippen LogP contribution in [0.25, 0.3) is 5.65 Å². The molecule has 4 heterocycles. The number of nitrogens with zero attached hydrogens (tertiary/aromatic N) is 3. The van der Waals surface area contributed by atoms with Gasteiger partial charge in [0.05, 0.1) is 23.9 Å². The number of fused-ring (bicyclic) bond motifs is 2. The summed E-state index contributed by atoms with van der Waals surface area (Å²) >= 11 is 0. The van der Waals surface area contributed by atoms with Crippen LogP contribution in [-0.4, -0.2) is 44.7 Å². The van der Waals surface area contributed by atoms with E-state index < -0.39 is 0 Å². The second-order valence-electron chi connectivity index (χ2n) is 5.89. The van der Waals surface area contributed by atoms with Gasteiger partial charge in [-0.25, -0.2) is 0 Å². The second kappa shape index (κ2) is 4.95. The van der Waals surface area contributed by atoms with Gasteiger partial charge in [-0.2, -0.15) is 9.61 Å². The van der Waals surface area contributed by atoms with Crippen molar-refractivity contribution in [2.45, 2.75) is 38.8 Å². The summed E-state index contributed by atoms with van der Waals surface area (Å²) in [4.78, 5) is 29.8. The number of aromatic amines is 1. The van der Waals surface area contributed by atoms with Crippen molar-refractivity contribution in [1.82, 2.24) is 19.5 Å². The van der Waals surface area contributed by atoms with Gasteiger partial charge < -0.3 is 14.6 Å². The van der Waals surface area contributed by atoms with Crippen LogP contribution in [0, 0.1) is 0 Å². The molecule has 2 aliphatic heterocycles. The number of rotatable bonds is 3. The first-order chi connectivity index (χ1) is 10.7. The minimum absolute atomic E-state index is 0.0872. The van der Waals surface area contributed by atoms with Gasteiger partial charge >= 0.3 is 0 Å². The Kier molecular flexibility index (Phi) is 3.04. The molecule has 1 fully saturated rings. The molecule has 1 atom stereocenters. The normalized spacial score (nSPS) is 21.0. The van der Waals surface area contributed by atoms with Crippen LogP contribution in [0.4, 0.5) is 0 Å². The van der Waals surface area contributed by atoms with Crippen LogP contribution in [0.5, 0.6) is 0 Å². The van der Waals surface area contributed by atoms with Crippen LogP contribution in [-0.2, 0) is 17.7 Å². The topological polar surface area (TPSA) is 79.7 Å². The van der Waals surface area contributed by atoms with Gasteiger partial charge in [0.15, 0.2) is 0 Å². The van der Waals surface area contributed by atoms with Crippen LogP contribution in [0.1, 0.15) is 41.5 Å². The Morgan fingerprint density at radius 3 is 3.05 bits per heavy atom. The summed E-state index contributed by atoms with van der Waals surface area (Å²) in [6.07, 6.45) is 2.84. The van der Waals surface area contributed by atoms with E-state index in [9.17, 15) is 9.59 Å². The zero-order chi connectivity index (χ0) is 15.3. The van der Waals surface area contributed by atoms with Crippen LogP contribution in [0.15, 0.2) is 10.9 Å². The van der Waals surface area contributed by atoms with Gasteiger partial charge in [0.2, 0.25) is 0 Å². The summed E-state index contributed by atoms with van der Waals surface area (Å²) < 4.78 is 6.95. The molecule has 2 aromatic heterocycles. The fraction of sp³-hybridized carbons (Fsp3) is 0.533. The van der Waals surface area contributed by atoms with E-state index in [1.807, 2.05) is 13.0 Å². The fourth-order valence-electron chi connectivity index (χ4n) is 3.22. The standard InChI is InChI=1S/C15H18N4O3/c1-2-9-6-12-16-13-11(14(20)19(12)17-9)8-18(15(13)21)7-10-4-3-5-22-10/h6,10,16H,2-5,7-8H2,1H3. The molecular weight excluding hydrogens is 284 g/mol. The number of amides is 1. The number of H-pyrrole nitrogens is 1. The van der Waals surface area contributed by atoms with Gasteiger partial charge in [-0.3, -0.25) is 9.59 Å². The van der Waals surface area contributed by atoms with Crippen LogP contribution in [0.3, 0.4) is 0 Å². The molecular formula is C15H18N4O3. The Balaban J connectivity index is 1.70. The predicted molar refractivity (Wildman–Crippen MR) is 78.9 cm³/mol. The molecule has 116 valence electrons. The van der Waals surface area contributed by atoms with Gasteiger partial charge in [-0.05, 0) is 19.3 Å².